The highest BCUT2D eigenvalue weighted by molar-refractivity contribution is 6.62. The van der Waals surface area contributed by atoms with E-state index in [4.69, 9.17) is 20.9 Å². The molecule has 2 heterocycles. The SMILES string of the molecule is Cn1nc(Cl)c2ccc(B3OC(C)(C)C(C)(C)O3)cc21. The highest BCUT2D eigenvalue weighted by Crippen LogP contribution is 2.36. The van der Waals surface area contributed by atoms with E-state index in [0.717, 1.165) is 16.4 Å². The van der Waals surface area contributed by atoms with Crippen LogP contribution in [0.4, 0.5) is 0 Å². The van der Waals surface area contributed by atoms with Crippen LogP contribution in [0.1, 0.15) is 27.7 Å². The predicted molar refractivity (Wildman–Crippen MR) is 81.4 cm³/mol. The average molecular weight is 293 g/mol. The molecule has 0 atom stereocenters. The van der Waals surface area contributed by atoms with Crippen molar-refractivity contribution in [3.8, 4) is 0 Å². The summed E-state index contributed by atoms with van der Waals surface area (Å²) >= 11 is 6.09. The summed E-state index contributed by atoms with van der Waals surface area (Å²) < 4.78 is 13.9. The minimum Gasteiger partial charge on any atom is -0.399 e. The Balaban J connectivity index is 2.02. The second-order valence-electron chi connectivity index (χ2n) is 6.28. The molecule has 106 valence electrons. The van der Waals surface area contributed by atoms with E-state index in [1.165, 1.54) is 0 Å². The van der Waals surface area contributed by atoms with Gasteiger partial charge in [-0.05, 0) is 45.3 Å². The Kier molecular flexibility index (Phi) is 2.94. The third-order valence-electron chi connectivity index (χ3n) is 4.36. The Morgan fingerprint density at radius 2 is 1.75 bits per heavy atom. The summed E-state index contributed by atoms with van der Waals surface area (Å²) in [6, 6.07) is 5.97. The molecule has 0 radical (unpaired) electrons. The number of aryl methyl sites for hydroxylation is 1. The summed E-state index contributed by atoms with van der Waals surface area (Å²) in [5.41, 5.74) is 1.28. The van der Waals surface area contributed by atoms with E-state index >= 15 is 0 Å². The molecule has 1 aliphatic rings. The molecule has 2 aromatic rings. The first-order valence-electron chi connectivity index (χ1n) is 6.69. The summed E-state index contributed by atoms with van der Waals surface area (Å²) in [5, 5.41) is 5.67. The first-order valence-corrected chi connectivity index (χ1v) is 7.07. The van der Waals surface area contributed by atoms with Crippen LogP contribution >= 0.6 is 11.6 Å². The number of nitrogens with zero attached hydrogens (tertiary/aromatic N) is 2. The van der Waals surface area contributed by atoms with Crippen molar-refractivity contribution in [2.24, 2.45) is 7.05 Å². The monoisotopic (exact) mass is 292 g/mol. The quantitative estimate of drug-likeness (QED) is 0.758. The van der Waals surface area contributed by atoms with Crippen molar-refractivity contribution in [2.75, 3.05) is 0 Å². The van der Waals surface area contributed by atoms with Crippen LogP contribution in [-0.4, -0.2) is 28.1 Å². The molecule has 0 spiro atoms. The van der Waals surface area contributed by atoms with Crippen molar-refractivity contribution in [2.45, 2.75) is 38.9 Å². The summed E-state index contributed by atoms with van der Waals surface area (Å²) in [6.45, 7) is 8.19. The Bertz CT molecular complexity index is 665. The fourth-order valence-electron chi connectivity index (χ4n) is 2.36. The molecule has 1 aromatic heterocycles. The van der Waals surface area contributed by atoms with Crippen LogP contribution in [0.25, 0.3) is 10.9 Å². The highest BCUT2D eigenvalue weighted by Gasteiger charge is 2.51. The van der Waals surface area contributed by atoms with Gasteiger partial charge >= 0.3 is 7.12 Å². The van der Waals surface area contributed by atoms with Crippen molar-refractivity contribution >= 4 is 35.1 Å². The molecule has 20 heavy (non-hydrogen) atoms. The van der Waals surface area contributed by atoms with Gasteiger partial charge in [-0.15, -0.1) is 0 Å². The molecule has 1 saturated heterocycles. The van der Waals surface area contributed by atoms with Crippen molar-refractivity contribution in [1.29, 1.82) is 0 Å². The molecule has 3 rings (SSSR count). The van der Waals surface area contributed by atoms with E-state index in [-0.39, 0.29) is 18.3 Å². The summed E-state index contributed by atoms with van der Waals surface area (Å²) in [5.74, 6) is 0. The number of hydrogen-bond acceptors (Lipinski definition) is 3. The van der Waals surface area contributed by atoms with Crippen LogP contribution in [0, 0.1) is 0 Å². The predicted octanol–water partition coefficient (Wildman–Crippen LogP) is 2.53. The number of aromatic nitrogens is 2. The minimum atomic E-state index is -0.363. The maximum Gasteiger partial charge on any atom is 0.494 e. The zero-order valence-electron chi connectivity index (χ0n) is 12.4. The molecular weight excluding hydrogens is 274 g/mol. The molecule has 0 saturated carbocycles. The van der Waals surface area contributed by atoms with Gasteiger partial charge < -0.3 is 9.31 Å². The van der Waals surface area contributed by atoms with Crippen LogP contribution in [0.3, 0.4) is 0 Å². The fourth-order valence-corrected chi connectivity index (χ4v) is 2.63. The molecule has 1 aromatic carbocycles. The van der Waals surface area contributed by atoms with Crippen LogP contribution in [-0.2, 0) is 16.4 Å². The molecule has 0 amide bonds. The molecule has 1 aliphatic heterocycles. The van der Waals surface area contributed by atoms with E-state index < -0.39 is 0 Å². The van der Waals surface area contributed by atoms with Gasteiger partial charge in [0.1, 0.15) is 0 Å². The van der Waals surface area contributed by atoms with E-state index in [0.29, 0.717) is 5.15 Å². The van der Waals surface area contributed by atoms with Gasteiger partial charge in [0.15, 0.2) is 5.15 Å². The van der Waals surface area contributed by atoms with E-state index in [1.807, 2.05) is 52.9 Å². The summed E-state index contributed by atoms with van der Waals surface area (Å²) in [7, 11) is 1.51. The molecule has 0 unspecified atom stereocenters. The maximum atomic E-state index is 6.09. The first kappa shape index (κ1) is 13.9. The van der Waals surface area contributed by atoms with Gasteiger partial charge in [0.25, 0.3) is 0 Å². The molecular formula is C14H18BClN2O2. The zero-order valence-corrected chi connectivity index (χ0v) is 13.2. The largest absolute Gasteiger partial charge is 0.494 e. The number of fused-ring (bicyclic) bond motifs is 1. The van der Waals surface area contributed by atoms with Crippen LogP contribution in [0.2, 0.25) is 5.15 Å². The smallest absolute Gasteiger partial charge is 0.399 e. The normalized spacial score (nSPS) is 20.8. The van der Waals surface area contributed by atoms with Crippen LogP contribution < -0.4 is 5.46 Å². The van der Waals surface area contributed by atoms with Gasteiger partial charge in [-0.2, -0.15) is 5.10 Å². The van der Waals surface area contributed by atoms with Gasteiger partial charge in [-0.25, -0.2) is 0 Å². The lowest BCUT2D eigenvalue weighted by Gasteiger charge is -2.32. The van der Waals surface area contributed by atoms with Gasteiger partial charge in [0, 0.05) is 12.4 Å². The Morgan fingerprint density at radius 3 is 2.35 bits per heavy atom. The van der Waals surface area contributed by atoms with E-state index in [9.17, 15) is 0 Å². The topological polar surface area (TPSA) is 36.3 Å². The molecule has 1 fully saturated rings. The second-order valence-corrected chi connectivity index (χ2v) is 6.64. The second kappa shape index (κ2) is 4.23. The average Bonchev–Trinajstić information content (AvgIpc) is 2.74. The minimum absolute atomic E-state index is 0.337. The standard InChI is InChI=1S/C14H18BClN2O2/c1-13(2)14(3,4)20-15(19-13)9-6-7-10-11(8-9)18(5)17-12(10)16/h6-8H,1-5H3. The van der Waals surface area contributed by atoms with Crippen molar-refractivity contribution in [3.63, 3.8) is 0 Å². The Morgan fingerprint density at radius 1 is 1.15 bits per heavy atom. The third kappa shape index (κ3) is 1.96. The third-order valence-corrected chi connectivity index (χ3v) is 4.64. The van der Waals surface area contributed by atoms with Crippen LogP contribution in [0.5, 0.6) is 0 Å². The van der Waals surface area contributed by atoms with Crippen molar-refractivity contribution in [1.82, 2.24) is 9.78 Å². The molecule has 4 nitrogen and oxygen atoms in total. The molecule has 0 aliphatic carbocycles. The molecule has 0 bridgehead atoms. The number of benzene rings is 1. The van der Waals surface area contributed by atoms with Crippen molar-refractivity contribution < 1.29 is 9.31 Å². The van der Waals surface area contributed by atoms with E-state index in [2.05, 4.69) is 5.10 Å². The van der Waals surface area contributed by atoms with Crippen LogP contribution in [0.15, 0.2) is 18.2 Å². The van der Waals surface area contributed by atoms with Crippen molar-refractivity contribution in [3.05, 3.63) is 23.4 Å². The van der Waals surface area contributed by atoms with Gasteiger partial charge in [-0.1, -0.05) is 17.7 Å². The Hall–Kier alpha value is -1.04. The number of halogens is 1. The summed E-state index contributed by atoms with van der Waals surface area (Å²) in [4.78, 5) is 0. The maximum absolute atomic E-state index is 6.09. The molecule has 6 heteroatoms. The number of rotatable bonds is 1. The fraction of sp³-hybridized carbons (Fsp3) is 0.500. The Labute approximate surface area is 124 Å². The lowest BCUT2D eigenvalue weighted by molar-refractivity contribution is 0.00578. The van der Waals surface area contributed by atoms with Gasteiger partial charge in [0.2, 0.25) is 0 Å². The zero-order chi connectivity index (χ0) is 14.7. The highest BCUT2D eigenvalue weighted by atomic mass is 35.5. The lowest BCUT2D eigenvalue weighted by atomic mass is 9.79. The first-order chi connectivity index (χ1) is 9.21. The lowest BCUT2D eigenvalue weighted by Crippen LogP contribution is -2.41. The summed E-state index contributed by atoms with van der Waals surface area (Å²) in [6.07, 6.45) is 0. The molecule has 0 N–H and O–H groups in total. The van der Waals surface area contributed by atoms with E-state index in [1.54, 1.807) is 4.68 Å². The van der Waals surface area contributed by atoms with Gasteiger partial charge in [-0.3, -0.25) is 4.68 Å². The van der Waals surface area contributed by atoms with Gasteiger partial charge in [0.05, 0.1) is 16.7 Å². The number of hydrogen-bond donors (Lipinski definition) is 0.